The Labute approximate surface area is 118 Å². The van der Waals surface area contributed by atoms with E-state index in [1.807, 2.05) is 0 Å². The highest BCUT2D eigenvalue weighted by atomic mass is 35.5. The van der Waals surface area contributed by atoms with Crippen molar-refractivity contribution in [3.63, 3.8) is 0 Å². The fraction of sp³-hybridized carbons (Fsp3) is 0.615. The van der Waals surface area contributed by atoms with Crippen LogP contribution in [-0.2, 0) is 6.54 Å². The lowest BCUT2D eigenvalue weighted by Crippen LogP contribution is -2.39. The average molecular weight is 288 g/mol. The highest BCUT2D eigenvalue weighted by molar-refractivity contribution is 6.34. The Balaban J connectivity index is 1.91. The number of nitrogens with zero attached hydrogens (tertiary/aromatic N) is 2. The van der Waals surface area contributed by atoms with Crippen molar-refractivity contribution in [2.75, 3.05) is 13.1 Å². The number of likely N-dealkylation sites (tertiary alicyclic amines) is 1. The molecule has 0 amide bonds. The van der Waals surface area contributed by atoms with Crippen LogP contribution >= 0.6 is 23.2 Å². The van der Waals surface area contributed by atoms with Crippen LogP contribution in [0, 0.1) is 5.92 Å². The van der Waals surface area contributed by atoms with Crippen molar-refractivity contribution < 1.29 is 0 Å². The van der Waals surface area contributed by atoms with Gasteiger partial charge in [0.15, 0.2) is 0 Å². The van der Waals surface area contributed by atoms with Crippen LogP contribution in [0.4, 0.5) is 0 Å². The second kappa shape index (κ2) is 6.20. The SMILES string of the molecule is CC(N)C1CCN(Cc2cnc(Cl)cc2Cl)CC1. The van der Waals surface area contributed by atoms with Gasteiger partial charge in [-0.15, -0.1) is 0 Å². The van der Waals surface area contributed by atoms with E-state index in [0.29, 0.717) is 22.1 Å². The Morgan fingerprint density at radius 3 is 2.67 bits per heavy atom. The van der Waals surface area contributed by atoms with Crippen LogP contribution in [0.2, 0.25) is 10.2 Å². The Kier molecular flexibility index (Phi) is 4.84. The molecule has 0 radical (unpaired) electrons. The molecular weight excluding hydrogens is 269 g/mol. The number of rotatable bonds is 3. The standard InChI is InChI=1S/C13H19Cl2N3/c1-9(16)10-2-4-18(5-3-10)8-11-7-17-13(15)6-12(11)14/h6-7,9-10H,2-5,8,16H2,1H3. The fourth-order valence-corrected chi connectivity index (χ4v) is 2.86. The zero-order chi connectivity index (χ0) is 13.1. The molecule has 2 heterocycles. The van der Waals surface area contributed by atoms with Gasteiger partial charge < -0.3 is 5.73 Å². The Bertz CT molecular complexity index is 401. The van der Waals surface area contributed by atoms with E-state index < -0.39 is 0 Å². The molecular formula is C13H19Cl2N3. The average Bonchev–Trinajstić information content (AvgIpc) is 2.33. The fourth-order valence-electron chi connectivity index (χ4n) is 2.43. The van der Waals surface area contributed by atoms with Gasteiger partial charge in [0.05, 0.1) is 0 Å². The number of piperidine rings is 1. The topological polar surface area (TPSA) is 42.1 Å². The highest BCUT2D eigenvalue weighted by Crippen LogP contribution is 2.24. The van der Waals surface area contributed by atoms with Crippen LogP contribution in [0.1, 0.15) is 25.3 Å². The second-order valence-electron chi connectivity index (χ2n) is 5.07. The molecule has 18 heavy (non-hydrogen) atoms. The Morgan fingerprint density at radius 2 is 2.11 bits per heavy atom. The number of pyridine rings is 1. The summed E-state index contributed by atoms with van der Waals surface area (Å²) in [6.45, 7) is 5.09. The Morgan fingerprint density at radius 1 is 1.44 bits per heavy atom. The molecule has 2 N–H and O–H groups in total. The number of aromatic nitrogens is 1. The van der Waals surface area contributed by atoms with Crippen molar-refractivity contribution in [1.29, 1.82) is 0 Å². The van der Waals surface area contributed by atoms with Crippen molar-refractivity contribution in [1.82, 2.24) is 9.88 Å². The number of hydrogen-bond acceptors (Lipinski definition) is 3. The lowest BCUT2D eigenvalue weighted by molar-refractivity contribution is 0.165. The van der Waals surface area contributed by atoms with Crippen LogP contribution < -0.4 is 5.73 Å². The molecule has 1 aromatic rings. The maximum Gasteiger partial charge on any atom is 0.130 e. The second-order valence-corrected chi connectivity index (χ2v) is 5.87. The van der Waals surface area contributed by atoms with Gasteiger partial charge in [0, 0.05) is 29.4 Å². The summed E-state index contributed by atoms with van der Waals surface area (Å²) < 4.78 is 0. The number of hydrogen-bond donors (Lipinski definition) is 1. The van der Waals surface area contributed by atoms with Crippen molar-refractivity contribution in [3.8, 4) is 0 Å². The zero-order valence-corrected chi connectivity index (χ0v) is 12.1. The quantitative estimate of drug-likeness (QED) is 0.869. The third kappa shape index (κ3) is 3.58. The minimum Gasteiger partial charge on any atom is -0.328 e. The van der Waals surface area contributed by atoms with Crippen LogP contribution in [0.5, 0.6) is 0 Å². The van der Waals surface area contributed by atoms with Gasteiger partial charge in [-0.05, 0) is 44.8 Å². The van der Waals surface area contributed by atoms with Gasteiger partial charge in [0.2, 0.25) is 0 Å². The van der Waals surface area contributed by atoms with E-state index in [1.165, 1.54) is 0 Å². The first-order chi connectivity index (χ1) is 8.56. The summed E-state index contributed by atoms with van der Waals surface area (Å²) in [6.07, 6.45) is 4.09. The van der Waals surface area contributed by atoms with E-state index >= 15 is 0 Å². The molecule has 1 aliphatic heterocycles. The number of nitrogens with two attached hydrogens (primary N) is 1. The molecule has 2 rings (SSSR count). The molecule has 1 aromatic heterocycles. The van der Waals surface area contributed by atoms with Gasteiger partial charge in [-0.25, -0.2) is 4.98 Å². The predicted octanol–water partition coefficient (Wildman–Crippen LogP) is 2.95. The van der Waals surface area contributed by atoms with Gasteiger partial charge in [-0.1, -0.05) is 23.2 Å². The third-order valence-corrected chi connectivity index (χ3v) is 4.22. The van der Waals surface area contributed by atoms with Crippen molar-refractivity contribution in [3.05, 3.63) is 28.0 Å². The van der Waals surface area contributed by atoms with Gasteiger partial charge in [-0.2, -0.15) is 0 Å². The molecule has 1 aliphatic rings. The molecule has 0 aliphatic carbocycles. The largest absolute Gasteiger partial charge is 0.328 e. The summed E-state index contributed by atoms with van der Waals surface area (Å²) in [5.74, 6) is 0.653. The maximum atomic E-state index is 6.16. The minimum absolute atomic E-state index is 0.299. The normalized spacial score (nSPS) is 20.0. The summed E-state index contributed by atoms with van der Waals surface area (Å²) in [5, 5.41) is 1.14. The Hall–Kier alpha value is -0.350. The smallest absolute Gasteiger partial charge is 0.130 e. The molecule has 0 spiro atoms. The molecule has 5 heteroatoms. The van der Waals surface area contributed by atoms with Crippen molar-refractivity contribution in [2.45, 2.75) is 32.4 Å². The van der Waals surface area contributed by atoms with E-state index in [9.17, 15) is 0 Å². The van der Waals surface area contributed by atoms with Gasteiger partial charge in [0.25, 0.3) is 0 Å². The van der Waals surface area contributed by atoms with Crippen molar-refractivity contribution in [2.24, 2.45) is 11.7 Å². The van der Waals surface area contributed by atoms with Gasteiger partial charge >= 0.3 is 0 Å². The zero-order valence-electron chi connectivity index (χ0n) is 10.6. The summed E-state index contributed by atoms with van der Waals surface area (Å²) in [5.41, 5.74) is 6.98. The van der Waals surface area contributed by atoms with Gasteiger partial charge in [-0.3, -0.25) is 4.90 Å². The summed E-state index contributed by atoms with van der Waals surface area (Å²) in [7, 11) is 0. The van der Waals surface area contributed by atoms with Crippen LogP contribution in [0.25, 0.3) is 0 Å². The van der Waals surface area contributed by atoms with E-state index in [2.05, 4.69) is 16.8 Å². The lowest BCUT2D eigenvalue weighted by Gasteiger charge is -2.33. The molecule has 3 nitrogen and oxygen atoms in total. The van der Waals surface area contributed by atoms with Crippen molar-refractivity contribution >= 4 is 23.2 Å². The van der Waals surface area contributed by atoms with E-state index in [-0.39, 0.29) is 0 Å². The van der Waals surface area contributed by atoms with Gasteiger partial charge in [0.1, 0.15) is 5.15 Å². The first kappa shape index (κ1) is 14.1. The first-order valence-electron chi connectivity index (χ1n) is 6.34. The summed E-state index contributed by atoms with van der Waals surface area (Å²) >= 11 is 11.9. The predicted molar refractivity (Wildman–Crippen MR) is 75.9 cm³/mol. The molecule has 0 saturated carbocycles. The molecule has 1 saturated heterocycles. The molecule has 0 bridgehead atoms. The lowest BCUT2D eigenvalue weighted by atomic mass is 9.91. The monoisotopic (exact) mass is 287 g/mol. The molecule has 1 fully saturated rings. The summed E-state index contributed by atoms with van der Waals surface area (Å²) in [6, 6.07) is 2.00. The molecule has 1 unspecified atom stereocenters. The minimum atomic E-state index is 0.299. The highest BCUT2D eigenvalue weighted by Gasteiger charge is 2.22. The van der Waals surface area contributed by atoms with E-state index in [0.717, 1.165) is 38.0 Å². The first-order valence-corrected chi connectivity index (χ1v) is 7.09. The van der Waals surface area contributed by atoms with Crippen LogP contribution in [0.15, 0.2) is 12.3 Å². The van der Waals surface area contributed by atoms with Crippen LogP contribution in [0.3, 0.4) is 0 Å². The molecule has 100 valence electrons. The third-order valence-electron chi connectivity index (χ3n) is 3.67. The molecule has 0 aromatic carbocycles. The number of halogens is 2. The van der Waals surface area contributed by atoms with E-state index in [4.69, 9.17) is 28.9 Å². The van der Waals surface area contributed by atoms with E-state index in [1.54, 1.807) is 12.3 Å². The molecule has 1 atom stereocenters. The van der Waals surface area contributed by atoms with Crippen LogP contribution in [-0.4, -0.2) is 29.0 Å². The maximum absolute atomic E-state index is 6.16. The summed E-state index contributed by atoms with van der Waals surface area (Å²) in [4.78, 5) is 6.48.